The molecule has 1 aromatic heterocycles. The molecule has 0 fully saturated rings. The first-order valence-electron chi connectivity index (χ1n) is 9.34. The molecule has 0 radical (unpaired) electrons. The van der Waals surface area contributed by atoms with Gasteiger partial charge in [0.05, 0.1) is 33.5 Å². The molecule has 4 aromatic rings. The van der Waals surface area contributed by atoms with Crippen LogP contribution in [0, 0.1) is 0 Å². The summed E-state index contributed by atoms with van der Waals surface area (Å²) in [5.41, 5.74) is -0.460. The van der Waals surface area contributed by atoms with Crippen LogP contribution in [0.5, 0.6) is 0 Å². The number of benzene rings is 3. The molecule has 3 aromatic carbocycles. The highest BCUT2D eigenvalue weighted by molar-refractivity contribution is 5.96. The van der Waals surface area contributed by atoms with E-state index in [0.717, 1.165) is 24.3 Å². The molecule has 1 aliphatic rings. The molecule has 0 saturated carbocycles. The van der Waals surface area contributed by atoms with Crippen LogP contribution in [-0.2, 0) is 12.4 Å². The maximum atomic E-state index is 13.3. The maximum absolute atomic E-state index is 13.3. The van der Waals surface area contributed by atoms with Crippen LogP contribution in [0.3, 0.4) is 0 Å². The van der Waals surface area contributed by atoms with Crippen molar-refractivity contribution in [2.75, 3.05) is 10.2 Å². The summed E-state index contributed by atoms with van der Waals surface area (Å²) in [4.78, 5) is 10.3. The van der Waals surface area contributed by atoms with Gasteiger partial charge in [0.2, 0.25) is 0 Å². The quantitative estimate of drug-likeness (QED) is 0.277. The van der Waals surface area contributed by atoms with Crippen molar-refractivity contribution >= 4 is 39.7 Å². The lowest BCUT2D eigenvalue weighted by Crippen LogP contribution is -2.21. The van der Waals surface area contributed by atoms with Gasteiger partial charge in [0.15, 0.2) is 11.6 Å². The summed E-state index contributed by atoms with van der Waals surface area (Å²) in [6, 6.07) is 14.3. The van der Waals surface area contributed by atoms with E-state index in [4.69, 9.17) is 0 Å². The van der Waals surface area contributed by atoms with Crippen LogP contribution in [0.25, 0.3) is 11.0 Å². The molecule has 5 rings (SSSR count). The first-order chi connectivity index (χ1) is 15.1. The molecule has 2 heterocycles. The highest BCUT2D eigenvalue weighted by Gasteiger charge is 2.35. The lowest BCUT2D eigenvalue weighted by Gasteiger charge is -2.33. The fourth-order valence-corrected chi connectivity index (χ4v) is 3.56. The van der Waals surface area contributed by atoms with Crippen molar-refractivity contribution in [3.8, 4) is 0 Å². The Kier molecular flexibility index (Phi) is 4.30. The minimum Gasteiger partial charge on any atom is -0.335 e. The molecular weight excluding hydrogens is 434 g/mol. The molecule has 32 heavy (non-hydrogen) atoms. The fraction of sp³-hybridized carbons (Fsp3) is 0.0909. The zero-order valence-electron chi connectivity index (χ0n) is 16.0. The van der Waals surface area contributed by atoms with E-state index in [1.165, 1.54) is 23.1 Å². The molecule has 0 amide bonds. The Bertz CT molecular complexity index is 1350. The molecular formula is C22H12F6N4. The van der Waals surface area contributed by atoms with Crippen LogP contribution < -0.4 is 10.2 Å². The van der Waals surface area contributed by atoms with Crippen molar-refractivity contribution in [1.29, 1.82) is 0 Å². The van der Waals surface area contributed by atoms with Crippen molar-refractivity contribution in [2.45, 2.75) is 12.4 Å². The number of hydrogen-bond donors (Lipinski definition) is 1. The van der Waals surface area contributed by atoms with Crippen LogP contribution in [0.15, 0.2) is 66.7 Å². The lowest BCUT2D eigenvalue weighted by molar-refractivity contribution is -0.138. The summed E-state index contributed by atoms with van der Waals surface area (Å²) in [6.07, 6.45) is -9.18. The summed E-state index contributed by atoms with van der Waals surface area (Å²) in [7, 11) is 0. The summed E-state index contributed by atoms with van der Waals surface area (Å²) >= 11 is 0. The number of aromatic nitrogens is 2. The Morgan fingerprint density at radius 3 is 2.03 bits per heavy atom. The third-order valence-corrected chi connectivity index (χ3v) is 5.01. The van der Waals surface area contributed by atoms with Gasteiger partial charge in [-0.2, -0.15) is 26.3 Å². The number of hydrogen-bond acceptors (Lipinski definition) is 4. The zero-order chi connectivity index (χ0) is 22.7. The number of fused-ring (bicyclic) bond motifs is 3. The van der Waals surface area contributed by atoms with E-state index >= 15 is 0 Å². The number of rotatable bonds is 1. The second-order valence-corrected chi connectivity index (χ2v) is 7.12. The van der Waals surface area contributed by atoms with Gasteiger partial charge in [-0.25, -0.2) is 9.97 Å². The zero-order valence-corrected chi connectivity index (χ0v) is 16.0. The molecule has 0 unspecified atom stereocenters. The smallest absolute Gasteiger partial charge is 0.335 e. The lowest BCUT2D eigenvalue weighted by atomic mass is 10.1. The molecule has 0 spiro atoms. The van der Waals surface area contributed by atoms with E-state index < -0.39 is 23.5 Å². The predicted octanol–water partition coefficient (Wildman–Crippen LogP) is 7.19. The summed E-state index contributed by atoms with van der Waals surface area (Å²) in [5.74, 6) is 0.309. The van der Waals surface area contributed by atoms with E-state index in [-0.39, 0.29) is 28.7 Å². The standard InChI is InChI=1S/C22H12F6N4/c23-21(24,25)12-4-3-5-14(10-12)32-18-9-8-13(22(26,27)28)11-17(18)30-19-20(32)31-16-7-2-1-6-15(16)29-19/h1-11H,(H,29,30). The molecule has 162 valence electrons. The number of nitrogens with one attached hydrogen (secondary N) is 1. The minimum absolute atomic E-state index is 0.0503. The van der Waals surface area contributed by atoms with Crippen molar-refractivity contribution < 1.29 is 26.3 Å². The average molecular weight is 446 g/mol. The summed E-state index contributed by atoms with van der Waals surface area (Å²) in [6.45, 7) is 0. The third-order valence-electron chi connectivity index (χ3n) is 5.01. The third kappa shape index (κ3) is 3.37. The molecule has 0 bridgehead atoms. The Hall–Kier alpha value is -3.82. The molecule has 0 atom stereocenters. The highest BCUT2D eigenvalue weighted by Crippen LogP contribution is 2.48. The number of alkyl halides is 6. The van der Waals surface area contributed by atoms with E-state index in [1.54, 1.807) is 24.3 Å². The first-order valence-corrected chi connectivity index (χ1v) is 9.34. The van der Waals surface area contributed by atoms with Gasteiger partial charge in [-0.05, 0) is 48.5 Å². The predicted molar refractivity (Wildman–Crippen MR) is 108 cm³/mol. The van der Waals surface area contributed by atoms with E-state index in [0.29, 0.717) is 11.0 Å². The highest BCUT2D eigenvalue weighted by atomic mass is 19.4. The van der Waals surface area contributed by atoms with Crippen molar-refractivity contribution in [2.24, 2.45) is 0 Å². The van der Waals surface area contributed by atoms with Crippen LogP contribution in [-0.4, -0.2) is 9.97 Å². The van der Waals surface area contributed by atoms with Gasteiger partial charge < -0.3 is 5.32 Å². The number of halogens is 6. The Morgan fingerprint density at radius 2 is 1.34 bits per heavy atom. The van der Waals surface area contributed by atoms with Crippen molar-refractivity contribution in [1.82, 2.24) is 9.97 Å². The average Bonchev–Trinajstić information content (AvgIpc) is 2.74. The summed E-state index contributed by atoms with van der Waals surface area (Å²) in [5, 5.41) is 2.85. The van der Waals surface area contributed by atoms with E-state index in [1.807, 2.05) is 0 Å². The Balaban J connectivity index is 1.76. The Morgan fingerprint density at radius 1 is 0.688 bits per heavy atom. The van der Waals surface area contributed by atoms with Crippen LogP contribution in [0.1, 0.15) is 11.1 Å². The van der Waals surface area contributed by atoms with Gasteiger partial charge in [0, 0.05) is 5.69 Å². The first kappa shape index (κ1) is 20.1. The van der Waals surface area contributed by atoms with Crippen LogP contribution in [0.4, 0.5) is 55.0 Å². The molecule has 10 heteroatoms. The van der Waals surface area contributed by atoms with Gasteiger partial charge in [-0.1, -0.05) is 18.2 Å². The fourth-order valence-electron chi connectivity index (χ4n) is 3.56. The Labute approximate surface area is 177 Å². The van der Waals surface area contributed by atoms with Gasteiger partial charge >= 0.3 is 12.4 Å². The second-order valence-electron chi connectivity index (χ2n) is 7.12. The maximum Gasteiger partial charge on any atom is 0.416 e. The SMILES string of the molecule is FC(F)(F)c1cccc(N2c3ccc(C(F)(F)F)cc3Nc3nc4ccccc4nc32)c1. The van der Waals surface area contributed by atoms with E-state index in [2.05, 4.69) is 15.3 Å². The van der Waals surface area contributed by atoms with Crippen molar-refractivity contribution in [3.63, 3.8) is 0 Å². The van der Waals surface area contributed by atoms with Crippen LogP contribution in [0.2, 0.25) is 0 Å². The second kappa shape index (κ2) is 6.84. The molecule has 0 aliphatic carbocycles. The topological polar surface area (TPSA) is 41.0 Å². The number of para-hydroxylation sites is 2. The van der Waals surface area contributed by atoms with Gasteiger partial charge in [0.1, 0.15) is 0 Å². The summed E-state index contributed by atoms with van der Waals surface area (Å²) < 4.78 is 79.8. The van der Waals surface area contributed by atoms with Gasteiger partial charge in [-0.15, -0.1) is 0 Å². The van der Waals surface area contributed by atoms with Gasteiger partial charge in [0.25, 0.3) is 0 Å². The van der Waals surface area contributed by atoms with Crippen molar-refractivity contribution in [3.05, 3.63) is 77.9 Å². The largest absolute Gasteiger partial charge is 0.416 e. The monoisotopic (exact) mass is 446 g/mol. The molecule has 0 saturated heterocycles. The van der Waals surface area contributed by atoms with E-state index in [9.17, 15) is 26.3 Å². The minimum atomic E-state index is -4.59. The van der Waals surface area contributed by atoms with Crippen LogP contribution >= 0.6 is 0 Å². The normalized spacial score (nSPS) is 13.5. The van der Waals surface area contributed by atoms with Gasteiger partial charge in [-0.3, -0.25) is 4.90 Å². The number of nitrogens with zero attached hydrogens (tertiary/aromatic N) is 3. The molecule has 4 nitrogen and oxygen atoms in total. The number of anilines is 5. The molecule has 1 N–H and O–H groups in total. The molecule has 1 aliphatic heterocycles.